The van der Waals surface area contributed by atoms with Crippen molar-refractivity contribution in [3.8, 4) is 6.07 Å². The van der Waals surface area contributed by atoms with Gasteiger partial charge in [0.2, 0.25) is 0 Å². The van der Waals surface area contributed by atoms with Crippen LogP contribution in [0.4, 0.5) is 0 Å². The molecule has 1 atom stereocenters. The molecule has 0 aliphatic heterocycles. The van der Waals surface area contributed by atoms with E-state index >= 15 is 0 Å². The van der Waals surface area contributed by atoms with Gasteiger partial charge in [-0.1, -0.05) is 11.6 Å². The highest BCUT2D eigenvalue weighted by atomic mass is 35.5. The maximum absolute atomic E-state index is 8.93. The second-order valence-corrected chi connectivity index (χ2v) is 4.19. The minimum Gasteiger partial charge on any atom is -0.298 e. The van der Waals surface area contributed by atoms with Crippen LogP contribution in [0.1, 0.15) is 19.5 Å². The van der Waals surface area contributed by atoms with Crippen LogP contribution in [0.2, 0.25) is 5.02 Å². The van der Waals surface area contributed by atoms with E-state index in [-0.39, 0.29) is 12.1 Å². The second kappa shape index (κ2) is 5.15. The molecular formula is C10H15ClN4. The van der Waals surface area contributed by atoms with E-state index in [1.807, 2.05) is 20.8 Å². The smallest absolute Gasteiger partial charge is 0.115 e. The number of halogens is 1. The largest absolute Gasteiger partial charge is 0.298 e. The molecule has 0 radical (unpaired) electrons. The lowest BCUT2D eigenvalue weighted by atomic mass is 10.3. The Labute approximate surface area is 94.8 Å². The van der Waals surface area contributed by atoms with Crippen molar-refractivity contribution in [3.63, 3.8) is 0 Å². The molecule has 4 nitrogen and oxygen atoms in total. The number of rotatable bonds is 4. The van der Waals surface area contributed by atoms with Crippen molar-refractivity contribution in [2.45, 2.75) is 39.4 Å². The van der Waals surface area contributed by atoms with Gasteiger partial charge in [0, 0.05) is 12.2 Å². The van der Waals surface area contributed by atoms with Gasteiger partial charge < -0.3 is 0 Å². The fraction of sp³-hybridized carbons (Fsp3) is 0.600. The zero-order chi connectivity index (χ0) is 11.4. The van der Waals surface area contributed by atoms with Crippen molar-refractivity contribution in [1.29, 1.82) is 5.26 Å². The van der Waals surface area contributed by atoms with Crippen LogP contribution in [0.3, 0.4) is 0 Å². The molecule has 1 N–H and O–H groups in total. The van der Waals surface area contributed by atoms with E-state index in [1.165, 1.54) is 0 Å². The van der Waals surface area contributed by atoms with E-state index in [2.05, 4.69) is 16.5 Å². The summed E-state index contributed by atoms with van der Waals surface area (Å²) in [5, 5.41) is 16.9. The van der Waals surface area contributed by atoms with E-state index < -0.39 is 0 Å². The third kappa shape index (κ3) is 3.54. The molecule has 1 rings (SSSR count). The summed E-state index contributed by atoms with van der Waals surface area (Å²) in [6, 6.07) is 2.24. The summed E-state index contributed by atoms with van der Waals surface area (Å²) < 4.78 is 1.70. The average Bonchev–Trinajstić information content (AvgIpc) is 2.44. The Hall–Kier alpha value is -1.05. The van der Waals surface area contributed by atoms with E-state index in [9.17, 15) is 0 Å². The minimum absolute atomic E-state index is 0.236. The quantitative estimate of drug-likeness (QED) is 0.851. The molecule has 1 aromatic rings. The summed E-state index contributed by atoms with van der Waals surface area (Å²) in [4.78, 5) is 0. The van der Waals surface area contributed by atoms with Gasteiger partial charge in [-0.25, -0.2) is 0 Å². The summed E-state index contributed by atoms with van der Waals surface area (Å²) >= 11 is 5.88. The van der Waals surface area contributed by atoms with E-state index in [4.69, 9.17) is 16.9 Å². The maximum atomic E-state index is 8.93. The van der Waals surface area contributed by atoms with Crippen molar-refractivity contribution >= 4 is 11.6 Å². The van der Waals surface area contributed by atoms with Gasteiger partial charge in [-0.2, -0.15) is 10.4 Å². The fourth-order valence-corrected chi connectivity index (χ4v) is 1.46. The molecule has 0 aliphatic rings. The SMILES string of the molecule is Cc1nn(CC(C#N)NC(C)C)cc1Cl. The predicted octanol–water partition coefficient (Wildman–Crippen LogP) is 1.74. The number of nitriles is 1. The molecule has 1 heterocycles. The first-order valence-electron chi connectivity index (χ1n) is 4.88. The third-order valence-electron chi connectivity index (χ3n) is 1.95. The van der Waals surface area contributed by atoms with E-state index in [1.54, 1.807) is 10.9 Å². The Balaban J connectivity index is 2.63. The first-order chi connectivity index (χ1) is 7.02. The number of aromatic nitrogens is 2. The molecule has 0 spiro atoms. The van der Waals surface area contributed by atoms with Crippen molar-refractivity contribution in [2.24, 2.45) is 0 Å². The molecule has 15 heavy (non-hydrogen) atoms. The number of hydrogen-bond donors (Lipinski definition) is 1. The Bertz CT molecular complexity index is 344. The molecular weight excluding hydrogens is 212 g/mol. The molecule has 0 fully saturated rings. The zero-order valence-electron chi connectivity index (χ0n) is 9.16. The summed E-state index contributed by atoms with van der Waals surface area (Å²) in [7, 11) is 0. The highest BCUT2D eigenvalue weighted by Crippen LogP contribution is 2.12. The summed E-state index contributed by atoms with van der Waals surface area (Å²) in [5.74, 6) is 0. The molecule has 0 bridgehead atoms. The average molecular weight is 227 g/mol. The zero-order valence-corrected chi connectivity index (χ0v) is 9.91. The van der Waals surface area contributed by atoms with Gasteiger partial charge >= 0.3 is 0 Å². The molecule has 0 saturated heterocycles. The molecule has 82 valence electrons. The standard InChI is InChI=1S/C10H15ClN4/c1-7(2)13-9(4-12)5-15-6-10(11)8(3)14-15/h6-7,9,13H,5H2,1-3H3. The van der Waals surface area contributed by atoms with Crippen LogP contribution in [-0.4, -0.2) is 21.9 Å². The van der Waals surface area contributed by atoms with Gasteiger partial charge in [0.05, 0.1) is 23.3 Å². The van der Waals surface area contributed by atoms with Crippen LogP contribution < -0.4 is 5.32 Å². The van der Waals surface area contributed by atoms with Crippen LogP contribution in [0.15, 0.2) is 6.20 Å². The molecule has 1 aromatic heterocycles. The van der Waals surface area contributed by atoms with Crippen LogP contribution >= 0.6 is 11.6 Å². The van der Waals surface area contributed by atoms with Crippen LogP contribution in [0.5, 0.6) is 0 Å². The third-order valence-corrected chi connectivity index (χ3v) is 2.32. The number of aryl methyl sites for hydroxylation is 1. The summed E-state index contributed by atoms with van der Waals surface area (Å²) in [6.45, 7) is 6.37. The van der Waals surface area contributed by atoms with Crippen LogP contribution in [0.25, 0.3) is 0 Å². The van der Waals surface area contributed by atoms with Crippen LogP contribution in [0, 0.1) is 18.3 Å². The van der Waals surface area contributed by atoms with Crippen molar-refractivity contribution in [1.82, 2.24) is 15.1 Å². The van der Waals surface area contributed by atoms with Gasteiger partial charge in [-0.15, -0.1) is 0 Å². The Kier molecular flexibility index (Phi) is 4.13. The Morgan fingerprint density at radius 1 is 1.67 bits per heavy atom. The first-order valence-corrected chi connectivity index (χ1v) is 5.26. The lowest BCUT2D eigenvalue weighted by Gasteiger charge is -2.14. The van der Waals surface area contributed by atoms with Gasteiger partial charge in [0.1, 0.15) is 6.04 Å². The normalized spacial score (nSPS) is 12.8. The molecule has 0 amide bonds. The number of nitrogens with zero attached hydrogens (tertiary/aromatic N) is 3. The van der Waals surface area contributed by atoms with Crippen molar-refractivity contribution in [2.75, 3.05) is 0 Å². The second-order valence-electron chi connectivity index (χ2n) is 3.79. The lowest BCUT2D eigenvalue weighted by molar-refractivity contribution is 0.455. The van der Waals surface area contributed by atoms with Crippen molar-refractivity contribution in [3.05, 3.63) is 16.9 Å². The maximum Gasteiger partial charge on any atom is 0.115 e. The number of hydrogen-bond acceptors (Lipinski definition) is 3. The molecule has 5 heteroatoms. The molecule has 1 unspecified atom stereocenters. The summed E-state index contributed by atoms with van der Waals surface area (Å²) in [5.41, 5.74) is 0.790. The van der Waals surface area contributed by atoms with Gasteiger partial charge in [-0.05, 0) is 20.8 Å². The Morgan fingerprint density at radius 3 is 2.73 bits per heavy atom. The highest BCUT2D eigenvalue weighted by molar-refractivity contribution is 6.31. The number of nitrogens with one attached hydrogen (secondary N) is 1. The van der Waals surface area contributed by atoms with Gasteiger partial charge in [0.25, 0.3) is 0 Å². The molecule has 0 aliphatic carbocycles. The first kappa shape index (κ1) is 12.0. The summed E-state index contributed by atoms with van der Waals surface area (Å²) in [6.07, 6.45) is 1.74. The monoisotopic (exact) mass is 226 g/mol. The Morgan fingerprint density at radius 2 is 2.33 bits per heavy atom. The molecule has 0 saturated carbocycles. The van der Waals surface area contributed by atoms with Crippen LogP contribution in [-0.2, 0) is 6.54 Å². The highest BCUT2D eigenvalue weighted by Gasteiger charge is 2.11. The van der Waals surface area contributed by atoms with Gasteiger partial charge in [0.15, 0.2) is 0 Å². The molecule has 0 aromatic carbocycles. The topological polar surface area (TPSA) is 53.6 Å². The van der Waals surface area contributed by atoms with Gasteiger partial charge in [-0.3, -0.25) is 10.00 Å². The van der Waals surface area contributed by atoms with E-state index in [0.29, 0.717) is 11.6 Å². The predicted molar refractivity (Wildman–Crippen MR) is 59.6 cm³/mol. The fourth-order valence-electron chi connectivity index (χ4n) is 1.31. The lowest BCUT2D eigenvalue weighted by Crippen LogP contribution is -2.36. The van der Waals surface area contributed by atoms with Crippen molar-refractivity contribution < 1.29 is 0 Å². The minimum atomic E-state index is -0.236. The van der Waals surface area contributed by atoms with E-state index in [0.717, 1.165) is 5.69 Å².